The van der Waals surface area contributed by atoms with Gasteiger partial charge in [-0.25, -0.2) is 18.8 Å². The molecular weight excluding hydrogens is 632 g/mol. The molecule has 3 aliphatic carbocycles. The summed E-state index contributed by atoms with van der Waals surface area (Å²) < 4.78 is 29.6. The summed E-state index contributed by atoms with van der Waals surface area (Å²) in [6, 6.07) is 12.6. The molecule has 2 unspecified atom stereocenters. The van der Waals surface area contributed by atoms with Gasteiger partial charge in [-0.1, -0.05) is 44.5 Å². The van der Waals surface area contributed by atoms with E-state index in [4.69, 9.17) is 21.6 Å². The van der Waals surface area contributed by atoms with Gasteiger partial charge in [0.25, 0.3) is 12.0 Å². The molecule has 2 aromatic carbocycles. The highest BCUT2D eigenvalue weighted by atomic mass is 35.5. The fourth-order valence-corrected chi connectivity index (χ4v) is 8.85. The van der Waals surface area contributed by atoms with Gasteiger partial charge in [-0.15, -0.1) is 0 Å². The molecule has 2 bridgehead atoms. The van der Waals surface area contributed by atoms with Crippen molar-refractivity contribution in [2.75, 3.05) is 38.0 Å². The summed E-state index contributed by atoms with van der Waals surface area (Å²) in [4.78, 5) is 26.5. The normalized spacial score (nSPS) is 28.8. The molecule has 3 N–H and O–H groups in total. The predicted octanol–water partition coefficient (Wildman–Crippen LogP) is 6.14. The summed E-state index contributed by atoms with van der Waals surface area (Å²) in [6.07, 6.45) is 2.48. The van der Waals surface area contributed by atoms with Crippen molar-refractivity contribution in [2.45, 2.75) is 83.8 Å². The highest BCUT2D eigenvalue weighted by Crippen LogP contribution is 2.61. The third-order valence-electron chi connectivity index (χ3n) is 11.9. The second-order valence-corrected chi connectivity index (χ2v) is 15.5. The molecule has 0 amide bonds. The Balaban J connectivity index is 1.21. The first-order valence-corrected chi connectivity index (χ1v) is 18.1. The van der Waals surface area contributed by atoms with E-state index in [0.29, 0.717) is 71.1 Å². The van der Waals surface area contributed by atoms with Crippen molar-refractivity contribution in [3.63, 3.8) is 0 Å². The zero-order valence-corrected chi connectivity index (χ0v) is 28.9. The molecule has 11 heteroatoms. The van der Waals surface area contributed by atoms with Gasteiger partial charge < -0.3 is 20.9 Å². The number of hydrogen-bond acceptors (Lipinski definition) is 5. The summed E-state index contributed by atoms with van der Waals surface area (Å²) in [5.74, 6) is 3.22. The van der Waals surface area contributed by atoms with Gasteiger partial charge in [-0.05, 0) is 97.7 Å². The number of guanidine groups is 1. The Morgan fingerprint density at radius 1 is 1.17 bits per heavy atom. The Kier molecular flexibility index (Phi) is 9.52. The van der Waals surface area contributed by atoms with Crippen LogP contribution in [-0.2, 0) is 13.0 Å². The van der Waals surface area contributed by atoms with Gasteiger partial charge in [0, 0.05) is 49.4 Å². The van der Waals surface area contributed by atoms with Crippen LogP contribution >= 0.6 is 11.6 Å². The van der Waals surface area contributed by atoms with Crippen LogP contribution in [0, 0.1) is 23.2 Å². The summed E-state index contributed by atoms with van der Waals surface area (Å²) in [5, 5.41) is 11.2. The quantitative estimate of drug-likeness (QED) is 0.206. The van der Waals surface area contributed by atoms with E-state index in [2.05, 4.69) is 36.7 Å². The van der Waals surface area contributed by atoms with Crippen LogP contribution in [0.15, 0.2) is 52.3 Å². The molecule has 5 fully saturated rings. The number of benzene rings is 2. The van der Waals surface area contributed by atoms with E-state index in [-0.39, 0.29) is 24.1 Å². The van der Waals surface area contributed by atoms with Gasteiger partial charge in [0.15, 0.2) is 5.96 Å². The van der Waals surface area contributed by atoms with Crippen molar-refractivity contribution in [3.8, 4) is 0 Å². The second kappa shape index (κ2) is 13.7. The molecule has 1 aromatic heterocycles. The van der Waals surface area contributed by atoms with Crippen LogP contribution < -0.4 is 21.5 Å². The van der Waals surface area contributed by atoms with Gasteiger partial charge >= 0.3 is 0 Å². The highest BCUT2D eigenvalue weighted by Gasteiger charge is 2.56. The van der Waals surface area contributed by atoms with E-state index in [1.165, 1.54) is 6.42 Å². The molecule has 48 heavy (non-hydrogen) atoms. The maximum Gasteiger partial charge on any atom is 0.261 e. The number of nitrogens with one attached hydrogen (secondary N) is 3. The maximum atomic E-state index is 14.1. The molecular formula is C37H48ClF2N7O. The number of alkyl halides is 2. The van der Waals surface area contributed by atoms with Crippen LogP contribution in [0.1, 0.15) is 63.8 Å². The summed E-state index contributed by atoms with van der Waals surface area (Å²) in [7, 11) is 0. The third kappa shape index (κ3) is 6.60. The fraction of sp³-hybridized carbons (Fsp3) is 0.595. The number of piperazine rings is 1. The largest absolute Gasteiger partial charge is 0.340 e. The van der Waals surface area contributed by atoms with E-state index >= 15 is 0 Å². The summed E-state index contributed by atoms with van der Waals surface area (Å²) in [6.45, 7) is 10.5. The number of rotatable bonds is 7. The van der Waals surface area contributed by atoms with Crippen molar-refractivity contribution in [1.29, 1.82) is 0 Å². The number of fused-ring (bicyclic) bond motifs is 3. The number of piperidine rings is 1. The number of aryl methyl sites for hydroxylation is 1. The lowest BCUT2D eigenvalue weighted by Gasteiger charge is -2.61. The Morgan fingerprint density at radius 2 is 1.98 bits per heavy atom. The van der Waals surface area contributed by atoms with Crippen LogP contribution in [0.3, 0.4) is 0 Å². The number of aliphatic imine (C=N–C) groups is 1. The molecule has 0 radical (unpaired) electrons. The highest BCUT2D eigenvalue weighted by molar-refractivity contribution is 6.30. The zero-order valence-electron chi connectivity index (χ0n) is 28.2. The van der Waals surface area contributed by atoms with E-state index < -0.39 is 12.5 Å². The van der Waals surface area contributed by atoms with Gasteiger partial charge in [0.1, 0.15) is 5.82 Å². The minimum atomic E-state index is -2.46. The fourth-order valence-electron chi connectivity index (χ4n) is 8.72. The van der Waals surface area contributed by atoms with Crippen LogP contribution in [0.2, 0.25) is 5.02 Å². The molecule has 5 aliphatic rings. The average molecular weight is 680 g/mol. The van der Waals surface area contributed by atoms with Gasteiger partial charge in [-0.3, -0.25) is 9.36 Å². The first-order chi connectivity index (χ1) is 23.1. The molecule has 8 rings (SSSR count). The number of aromatic nitrogens is 2. The maximum absolute atomic E-state index is 14.1. The molecule has 258 valence electrons. The molecule has 2 saturated heterocycles. The zero-order chi connectivity index (χ0) is 33.6. The van der Waals surface area contributed by atoms with Crippen molar-refractivity contribution in [2.24, 2.45) is 28.2 Å². The van der Waals surface area contributed by atoms with Crippen LogP contribution in [0.4, 0.5) is 14.5 Å². The lowest BCUT2D eigenvalue weighted by atomic mass is 9.45. The molecule has 8 nitrogen and oxygen atoms in total. The monoisotopic (exact) mass is 679 g/mol. The van der Waals surface area contributed by atoms with Crippen molar-refractivity contribution >= 4 is 34.2 Å². The number of nitrogens with zero attached hydrogens (tertiary/aromatic N) is 4. The molecule has 3 saturated carbocycles. The lowest BCUT2D eigenvalue weighted by Crippen LogP contribution is -2.58. The van der Waals surface area contributed by atoms with Crippen LogP contribution in [-0.4, -0.2) is 71.6 Å². The molecule has 0 spiro atoms. The average Bonchev–Trinajstić information content (AvgIpc) is 3.09. The van der Waals surface area contributed by atoms with Gasteiger partial charge in [0.2, 0.25) is 0 Å². The van der Waals surface area contributed by atoms with E-state index in [0.717, 1.165) is 49.4 Å². The van der Waals surface area contributed by atoms with Crippen LogP contribution in [0.5, 0.6) is 0 Å². The van der Waals surface area contributed by atoms with E-state index in [1.807, 2.05) is 51.9 Å². The topological polar surface area (TPSA) is 86.6 Å². The van der Waals surface area contributed by atoms with Crippen LogP contribution in [0.25, 0.3) is 10.9 Å². The Bertz CT molecular complexity index is 1700. The smallest absolute Gasteiger partial charge is 0.261 e. The standard InChI is InChI=1S/C37H48ClF2N7O/c1-22-29-17-25(37(29,2)3)18-30(22)45-36(46-16-14-42-32(21-46)33(39)40)43-27-10-11-28-31(19-27)44-34(24-5-4-13-41-20-24)47(35(28)48)15-12-23-6-8-26(38)9-7-23/h6-11,19,22,24-25,29-30,32-33,41-42H,4-5,12-18,20-21H2,1-3H3,(H,43,45)/t22-,24?,25-,29+,30?,32+/m0/s1. The Hall–Kier alpha value is -3.08. The minimum Gasteiger partial charge on any atom is -0.340 e. The SMILES string of the molecule is C[C@@H]1C(N=C(Nc2ccc3c(=O)n(CCc4ccc(Cl)cc4)c(C4CCCNC4)nc3c2)N2CCN[C@@H](C(F)F)C2)C[C@@H]2C[C@H]1C2(C)C. The lowest BCUT2D eigenvalue weighted by molar-refractivity contribution is -0.108. The molecule has 3 aromatic rings. The summed E-state index contributed by atoms with van der Waals surface area (Å²) >= 11 is 6.11. The number of halogens is 3. The predicted molar refractivity (Wildman–Crippen MR) is 189 cm³/mol. The van der Waals surface area contributed by atoms with Gasteiger partial charge in [-0.2, -0.15) is 0 Å². The first kappa shape index (κ1) is 33.4. The van der Waals surface area contributed by atoms with E-state index in [9.17, 15) is 13.6 Å². The summed E-state index contributed by atoms with van der Waals surface area (Å²) in [5.41, 5.74) is 2.77. The van der Waals surface area contributed by atoms with Crippen molar-refractivity contribution in [1.82, 2.24) is 25.1 Å². The van der Waals surface area contributed by atoms with Crippen molar-refractivity contribution < 1.29 is 8.78 Å². The van der Waals surface area contributed by atoms with Crippen molar-refractivity contribution in [3.05, 3.63) is 69.2 Å². The minimum absolute atomic E-state index is 0.0465. The Morgan fingerprint density at radius 3 is 2.69 bits per heavy atom. The third-order valence-corrected chi connectivity index (χ3v) is 12.1. The second-order valence-electron chi connectivity index (χ2n) is 15.0. The van der Waals surface area contributed by atoms with E-state index in [1.54, 1.807) is 0 Å². The first-order valence-electron chi connectivity index (χ1n) is 17.7. The molecule has 2 aliphatic heterocycles. The molecule has 3 heterocycles. The van der Waals surface area contributed by atoms with Gasteiger partial charge in [0.05, 0.1) is 23.0 Å². The Labute approximate surface area is 286 Å². The number of hydrogen-bond donors (Lipinski definition) is 3. The number of anilines is 1. The molecule has 6 atom stereocenters.